The van der Waals surface area contributed by atoms with E-state index >= 15 is 0 Å². The van der Waals surface area contributed by atoms with Gasteiger partial charge in [-0.15, -0.1) is 0 Å². The number of nitrogens with one attached hydrogen (secondary N) is 2. The highest BCUT2D eigenvalue weighted by molar-refractivity contribution is 7.80. The van der Waals surface area contributed by atoms with E-state index in [1.54, 1.807) is 6.26 Å². The van der Waals surface area contributed by atoms with Crippen molar-refractivity contribution in [3.63, 3.8) is 0 Å². The van der Waals surface area contributed by atoms with Crippen LogP contribution in [0.5, 0.6) is 0 Å². The highest BCUT2D eigenvalue weighted by Gasteiger charge is 2.22. The molecule has 24 heavy (non-hydrogen) atoms. The molecule has 0 bridgehead atoms. The highest BCUT2D eigenvalue weighted by Crippen LogP contribution is 2.25. The molecule has 5 nitrogen and oxygen atoms in total. The lowest BCUT2D eigenvalue weighted by Crippen LogP contribution is -2.39. The fraction of sp³-hybridized carbons (Fsp3) is 0.444. The molecule has 6 heteroatoms. The van der Waals surface area contributed by atoms with Crippen molar-refractivity contribution in [2.24, 2.45) is 11.8 Å². The fourth-order valence-corrected chi connectivity index (χ4v) is 3.44. The summed E-state index contributed by atoms with van der Waals surface area (Å²) in [5, 5.41) is 6.82. The van der Waals surface area contributed by atoms with Gasteiger partial charge in [-0.3, -0.25) is 0 Å². The van der Waals surface area contributed by atoms with E-state index in [9.17, 15) is 0 Å². The molecule has 1 aliphatic rings. The van der Waals surface area contributed by atoms with Crippen molar-refractivity contribution in [2.45, 2.75) is 26.8 Å². The number of hydrogen-bond acceptors (Lipinski definition) is 4. The predicted octanol–water partition coefficient (Wildman–Crippen LogP) is 3.64. The SMILES string of the molecule is C[C@@H]1C[C@H](C)CN(c2ccc(NC(=S)NCc3ccco3)cn2)C1. The fourth-order valence-electron chi connectivity index (χ4n) is 3.25. The second-order valence-electron chi connectivity index (χ2n) is 6.64. The molecule has 0 spiro atoms. The predicted molar refractivity (Wildman–Crippen MR) is 101 cm³/mol. The van der Waals surface area contributed by atoms with Crippen molar-refractivity contribution in [1.29, 1.82) is 0 Å². The van der Waals surface area contributed by atoms with Gasteiger partial charge in [-0.25, -0.2) is 4.98 Å². The molecule has 128 valence electrons. The maximum atomic E-state index is 5.30. The maximum Gasteiger partial charge on any atom is 0.171 e. The van der Waals surface area contributed by atoms with Crippen molar-refractivity contribution in [1.82, 2.24) is 10.3 Å². The number of piperidine rings is 1. The Balaban J connectivity index is 1.53. The summed E-state index contributed by atoms with van der Waals surface area (Å²) in [6.07, 6.45) is 4.78. The molecular formula is C18H24N4OS. The third-order valence-corrected chi connectivity index (χ3v) is 4.45. The van der Waals surface area contributed by atoms with Gasteiger partial charge < -0.3 is 20.0 Å². The summed E-state index contributed by atoms with van der Waals surface area (Å²) in [7, 11) is 0. The van der Waals surface area contributed by atoms with Crippen LogP contribution in [-0.4, -0.2) is 23.2 Å². The maximum absolute atomic E-state index is 5.30. The van der Waals surface area contributed by atoms with E-state index in [0.29, 0.717) is 23.5 Å². The zero-order valence-electron chi connectivity index (χ0n) is 14.2. The highest BCUT2D eigenvalue weighted by atomic mass is 32.1. The molecule has 3 rings (SSSR count). The Morgan fingerprint density at radius 3 is 2.71 bits per heavy atom. The summed E-state index contributed by atoms with van der Waals surface area (Å²) in [4.78, 5) is 6.96. The zero-order chi connectivity index (χ0) is 16.9. The van der Waals surface area contributed by atoms with E-state index in [1.807, 2.05) is 24.4 Å². The molecule has 2 N–H and O–H groups in total. The van der Waals surface area contributed by atoms with Gasteiger partial charge in [-0.05, 0) is 54.7 Å². The van der Waals surface area contributed by atoms with Crippen LogP contribution in [0.25, 0.3) is 0 Å². The van der Waals surface area contributed by atoms with E-state index in [2.05, 4.69) is 40.4 Å². The summed E-state index contributed by atoms with van der Waals surface area (Å²) in [5.41, 5.74) is 0.883. The number of anilines is 2. The van der Waals surface area contributed by atoms with Gasteiger partial charge in [0, 0.05) is 13.1 Å². The van der Waals surface area contributed by atoms with E-state index in [1.165, 1.54) is 6.42 Å². The monoisotopic (exact) mass is 344 g/mol. The molecule has 1 aliphatic heterocycles. The molecule has 3 heterocycles. The van der Waals surface area contributed by atoms with Crippen LogP contribution < -0.4 is 15.5 Å². The van der Waals surface area contributed by atoms with Crippen molar-refractivity contribution in [2.75, 3.05) is 23.3 Å². The van der Waals surface area contributed by atoms with E-state index in [4.69, 9.17) is 16.6 Å². The lowest BCUT2D eigenvalue weighted by molar-refractivity contribution is 0.355. The largest absolute Gasteiger partial charge is 0.467 e. The second kappa shape index (κ2) is 7.66. The smallest absolute Gasteiger partial charge is 0.171 e. The van der Waals surface area contributed by atoms with Gasteiger partial charge in [-0.1, -0.05) is 13.8 Å². The summed E-state index contributed by atoms with van der Waals surface area (Å²) in [6, 6.07) is 7.85. The first kappa shape index (κ1) is 16.8. The van der Waals surface area contributed by atoms with Gasteiger partial charge >= 0.3 is 0 Å². The number of hydrogen-bond donors (Lipinski definition) is 2. The molecule has 0 saturated carbocycles. The van der Waals surface area contributed by atoms with Gasteiger partial charge in [0.1, 0.15) is 11.6 Å². The van der Waals surface area contributed by atoms with Gasteiger partial charge in [0.2, 0.25) is 0 Å². The topological polar surface area (TPSA) is 53.3 Å². The molecule has 0 aliphatic carbocycles. The van der Waals surface area contributed by atoms with Crippen LogP contribution in [0, 0.1) is 11.8 Å². The average molecular weight is 344 g/mol. The molecule has 2 aromatic rings. The quantitative estimate of drug-likeness (QED) is 0.826. The van der Waals surface area contributed by atoms with Crippen LogP contribution in [-0.2, 0) is 6.54 Å². The minimum atomic E-state index is 0.557. The van der Waals surface area contributed by atoms with Crippen LogP contribution in [0.3, 0.4) is 0 Å². The third-order valence-electron chi connectivity index (χ3n) is 4.20. The number of aromatic nitrogens is 1. The third kappa shape index (κ3) is 4.47. The van der Waals surface area contributed by atoms with Gasteiger partial charge in [-0.2, -0.15) is 0 Å². The van der Waals surface area contributed by atoms with Crippen molar-refractivity contribution >= 4 is 28.8 Å². The van der Waals surface area contributed by atoms with E-state index < -0.39 is 0 Å². The lowest BCUT2D eigenvalue weighted by Gasteiger charge is -2.35. The molecule has 2 atom stereocenters. The molecule has 0 radical (unpaired) electrons. The first-order valence-corrected chi connectivity index (χ1v) is 8.79. The molecule has 0 aromatic carbocycles. The van der Waals surface area contributed by atoms with Crippen LogP contribution in [0.15, 0.2) is 41.1 Å². The first-order chi connectivity index (χ1) is 11.6. The number of furan rings is 1. The lowest BCUT2D eigenvalue weighted by atomic mass is 9.92. The molecule has 0 amide bonds. The number of nitrogens with zero attached hydrogens (tertiary/aromatic N) is 2. The Hall–Kier alpha value is -2.08. The number of pyridine rings is 1. The minimum Gasteiger partial charge on any atom is -0.467 e. The Kier molecular flexibility index (Phi) is 5.35. The Morgan fingerprint density at radius 1 is 1.29 bits per heavy atom. The van der Waals surface area contributed by atoms with Crippen molar-refractivity contribution in [3.05, 3.63) is 42.5 Å². The first-order valence-electron chi connectivity index (χ1n) is 8.38. The van der Waals surface area contributed by atoms with Crippen LogP contribution in [0.1, 0.15) is 26.0 Å². The zero-order valence-corrected chi connectivity index (χ0v) is 15.0. The molecule has 2 aromatic heterocycles. The Morgan fingerprint density at radius 2 is 2.08 bits per heavy atom. The van der Waals surface area contributed by atoms with Crippen molar-refractivity contribution < 1.29 is 4.42 Å². The molecule has 1 fully saturated rings. The summed E-state index contributed by atoms with van der Waals surface area (Å²) in [5.74, 6) is 3.31. The second-order valence-corrected chi connectivity index (χ2v) is 7.05. The van der Waals surface area contributed by atoms with Gasteiger partial charge in [0.05, 0.1) is 24.7 Å². The van der Waals surface area contributed by atoms with Crippen LogP contribution >= 0.6 is 12.2 Å². The molecule has 0 unspecified atom stereocenters. The van der Waals surface area contributed by atoms with Gasteiger partial charge in [0.25, 0.3) is 0 Å². The van der Waals surface area contributed by atoms with Crippen LogP contribution in [0.2, 0.25) is 0 Å². The van der Waals surface area contributed by atoms with E-state index in [-0.39, 0.29) is 0 Å². The summed E-state index contributed by atoms with van der Waals surface area (Å²) in [6.45, 7) is 7.33. The molecule has 1 saturated heterocycles. The normalized spacial score (nSPS) is 20.7. The summed E-state index contributed by atoms with van der Waals surface area (Å²) < 4.78 is 5.27. The number of rotatable bonds is 4. The van der Waals surface area contributed by atoms with Crippen molar-refractivity contribution in [3.8, 4) is 0 Å². The average Bonchev–Trinajstić information content (AvgIpc) is 3.06. The minimum absolute atomic E-state index is 0.557. The van der Waals surface area contributed by atoms with E-state index in [0.717, 1.165) is 30.4 Å². The summed E-state index contributed by atoms with van der Waals surface area (Å²) >= 11 is 5.30. The Bertz CT molecular complexity index is 646. The Labute approximate surface area is 148 Å². The van der Waals surface area contributed by atoms with Crippen LogP contribution in [0.4, 0.5) is 11.5 Å². The van der Waals surface area contributed by atoms with Gasteiger partial charge in [0.15, 0.2) is 5.11 Å². The standard InChI is InChI=1S/C18H24N4OS/c1-13-8-14(2)12-22(11-13)17-6-5-15(9-19-17)21-18(24)20-10-16-4-3-7-23-16/h3-7,9,13-14H,8,10-12H2,1-2H3,(H2,20,21,24)/t13-,14+. The molecular weight excluding hydrogens is 320 g/mol. The number of thiocarbonyl (C=S) groups is 1.